The standard InChI is InChI=1S/C21H34N6O/c1-3-5-6-7-8-9-10-11-16-23-20-25-19(22)26-21(27-20)24-17-12-14-18(15-13-17)28-4-2/h12-15H,3-11,16H2,1-2H3,(H4,22,23,24,25,26,27). The molecule has 0 radical (unpaired) electrons. The fourth-order valence-corrected chi connectivity index (χ4v) is 2.92. The van der Waals surface area contributed by atoms with Crippen LogP contribution in [0.15, 0.2) is 24.3 Å². The molecule has 7 nitrogen and oxygen atoms in total. The van der Waals surface area contributed by atoms with Crippen molar-refractivity contribution in [1.29, 1.82) is 0 Å². The molecule has 0 aliphatic heterocycles. The third-order valence-electron chi connectivity index (χ3n) is 4.39. The molecule has 2 rings (SSSR count). The molecule has 0 fully saturated rings. The highest BCUT2D eigenvalue weighted by atomic mass is 16.5. The first-order chi connectivity index (χ1) is 13.7. The zero-order chi connectivity index (χ0) is 20.0. The highest BCUT2D eigenvalue weighted by molar-refractivity contribution is 5.56. The smallest absolute Gasteiger partial charge is 0.233 e. The van der Waals surface area contributed by atoms with Crippen LogP contribution in [0.1, 0.15) is 65.2 Å². The van der Waals surface area contributed by atoms with E-state index in [1.807, 2.05) is 31.2 Å². The second-order valence-corrected chi connectivity index (χ2v) is 6.82. The van der Waals surface area contributed by atoms with Gasteiger partial charge in [0.05, 0.1) is 6.61 Å². The molecule has 1 aromatic carbocycles. The van der Waals surface area contributed by atoms with Crippen LogP contribution in [0.3, 0.4) is 0 Å². The molecule has 154 valence electrons. The van der Waals surface area contributed by atoms with Crippen molar-refractivity contribution in [2.24, 2.45) is 0 Å². The van der Waals surface area contributed by atoms with Crippen LogP contribution in [0.4, 0.5) is 23.5 Å². The van der Waals surface area contributed by atoms with E-state index in [2.05, 4.69) is 32.5 Å². The first kappa shape index (κ1) is 21.7. The Morgan fingerprint density at radius 1 is 0.821 bits per heavy atom. The molecule has 0 saturated heterocycles. The van der Waals surface area contributed by atoms with Crippen molar-refractivity contribution in [3.05, 3.63) is 24.3 Å². The number of nitrogens with zero attached hydrogens (tertiary/aromatic N) is 3. The summed E-state index contributed by atoms with van der Waals surface area (Å²) in [7, 11) is 0. The quantitative estimate of drug-likeness (QED) is 0.386. The monoisotopic (exact) mass is 386 g/mol. The number of nitrogens with one attached hydrogen (secondary N) is 2. The van der Waals surface area contributed by atoms with E-state index in [1.165, 1.54) is 44.9 Å². The van der Waals surface area contributed by atoms with Crippen molar-refractivity contribution in [3.8, 4) is 5.75 Å². The molecule has 7 heteroatoms. The zero-order valence-corrected chi connectivity index (χ0v) is 17.2. The van der Waals surface area contributed by atoms with Gasteiger partial charge in [-0.2, -0.15) is 15.0 Å². The van der Waals surface area contributed by atoms with Gasteiger partial charge in [-0.15, -0.1) is 0 Å². The Hall–Kier alpha value is -2.57. The van der Waals surface area contributed by atoms with Gasteiger partial charge in [-0.25, -0.2) is 0 Å². The summed E-state index contributed by atoms with van der Waals surface area (Å²) in [6.07, 6.45) is 10.3. The molecule has 4 N–H and O–H groups in total. The lowest BCUT2D eigenvalue weighted by Gasteiger charge is -2.09. The summed E-state index contributed by atoms with van der Waals surface area (Å²) in [5.74, 6) is 1.96. The maximum atomic E-state index is 5.82. The Labute approximate surface area is 168 Å². The first-order valence-electron chi connectivity index (χ1n) is 10.5. The predicted octanol–water partition coefficient (Wildman–Crippen LogP) is 5.15. The number of hydrogen-bond acceptors (Lipinski definition) is 7. The van der Waals surface area contributed by atoms with E-state index in [1.54, 1.807) is 0 Å². The van der Waals surface area contributed by atoms with Crippen LogP contribution < -0.4 is 21.1 Å². The van der Waals surface area contributed by atoms with Crippen molar-refractivity contribution in [2.45, 2.75) is 65.2 Å². The number of nitrogen functional groups attached to an aromatic ring is 1. The van der Waals surface area contributed by atoms with E-state index in [0.29, 0.717) is 18.5 Å². The number of hydrogen-bond donors (Lipinski definition) is 3. The average Bonchev–Trinajstić information content (AvgIpc) is 2.68. The fraction of sp³-hybridized carbons (Fsp3) is 0.571. The van der Waals surface area contributed by atoms with Crippen LogP contribution in [-0.2, 0) is 0 Å². The van der Waals surface area contributed by atoms with Gasteiger partial charge in [0, 0.05) is 12.2 Å². The summed E-state index contributed by atoms with van der Waals surface area (Å²) in [4.78, 5) is 12.7. The Morgan fingerprint density at radius 3 is 2.14 bits per heavy atom. The molecule has 0 amide bonds. The van der Waals surface area contributed by atoms with E-state index >= 15 is 0 Å². The minimum absolute atomic E-state index is 0.196. The summed E-state index contributed by atoms with van der Waals surface area (Å²) in [6, 6.07) is 7.63. The minimum Gasteiger partial charge on any atom is -0.494 e. The lowest BCUT2D eigenvalue weighted by atomic mass is 10.1. The molecule has 28 heavy (non-hydrogen) atoms. The molecule has 0 saturated carbocycles. The Balaban J connectivity index is 1.74. The summed E-state index contributed by atoms with van der Waals surface area (Å²) < 4.78 is 5.45. The van der Waals surface area contributed by atoms with Gasteiger partial charge in [-0.3, -0.25) is 0 Å². The van der Waals surface area contributed by atoms with Gasteiger partial charge in [-0.05, 0) is 37.6 Å². The molecule has 0 aliphatic carbocycles. The third-order valence-corrected chi connectivity index (χ3v) is 4.39. The SMILES string of the molecule is CCCCCCCCCCNc1nc(N)nc(Nc2ccc(OCC)cc2)n1. The van der Waals surface area contributed by atoms with Gasteiger partial charge in [-0.1, -0.05) is 51.9 Å². The van der Waals surface area contributed by atoms with Gasteiger partial charge >= 0.3 is 0 Å². The number of aromatic nitrogens is 3. The van der Waals surface area contributed by atoms with Crippen molar-refractivity contribution in [2.75, 3.05) is 29.5 Å². The Bertz CT molecular complexity index is 677. The summed E-state index contributed by atoms with van der Waals surface area (Å²) >= 11 is 0. The van der Waals surface area contributed by atoms with Crippen LogP contribution in [-0.4, -0.2) is 28.1 Å². The van der Waals surface area contributed by atoms with Gasteiger partial charge in [0.25, 0.3) is 0 Å². The van der Waals surface area contributed by atoms with Gasteiger partial charge < -0.3 is 21.1 Å². The molecule has 2 aromatic rings. The molecular weight excluding hydrogens is 352 g/mol. The summed E-state index contributed by atoms with van der Waals surface area (Å²) in [5, 5.41) is 6.40. The maximum absolute atomic E-state index is 5.82. The van der Waals surface area contributed by atoms with Crippen molar-refractivity contribution in [3.63, 3.8) is 0 Å². The molecule has 1 heterocycles. The van der Waals surface area contributed by atoms with Crippen molar-refractivity contribution < 1.29 is 4.74 Å². The topological polar surface area (TPSA) is 98.0 Å². The van der Waals surface area contributed by atoms with Crippen LogP contribution in [0.2, 0.25) is 0 Å². The van der Waals surface area contributed by atoms with E-state index in [0.717, 1.165) is 24.4 Å². The molecule has 0 unspecified atom stereocenters. The summed E-state index contributed by atoms with van der Waals surface area (Å²) in [6.45, 7) is 5.69. The highest BCUT2D eigenvalue weighted by Gasteiger charge is 2.05. The Morgan fingerprint density at radius 2 is 1.46 bits per heavy atom. The third kappa shape index (κ3) is 8.41. The number of unbranched alkanes of at least 4 members (excludes halogenated alkanes) is 7. The van der Waals surface area contributed by atoms with Crippen molar-refractivity contribution in [1.82, 2.24) is 15.0 Å². The molecule has 0 spiro atoms. The van der Waals surface area contributed by atoms with E-state index in [9.17, 15) is 0 Å². The highest BCUT2D eigenvalue weighted by Crippen LogP contribution is 2.19. The first-order valence-corrected chi connectivity index (χ1v) is 10.5. The van der Waals surface area contributed by atoms with Crippen molar-refractivity contribution >= 4 is 23.5 Å². The second-order valence-electron chi connectivity index (χ2n) is 6.82. The van der Waals surface area contributed by atoms with Crippen LogP contribution in [0.25, 0.3) is 0 Å². The molecule has 0 aliphatic rings. The van der Waals surface area contributed by atoms with Crippen LogP contribution in [0, 0.1) is 0 Å². The van der Waals surface area contributed by atoms with Gasteiger partial charge in [0.15, 0.2) is 0 Å². The fourth-order valence-electron chi connectivity index (χ4n) is 2.92. The van der Waals surface area contributed by atoms with Gasteiger partial charge in [0.2, 0.25) is 17.8 Å². The summed E-state index contributed by atoms with van der Waals surface area (Å²) in [5.41, 5.74) is 6.69. The Kier molecular flexibility index (Phi) is 9.89. The largest absolute Gasteiger partial charge is 0.494 e. The number of anilines is 4. The number of benzene rings is 1. The lowest BCUT2D eigenvalue weighted by Crippen LogP contribution is -2.10. The zero-order valence-electron chi connectivity index (χ0n) is 17.2. The lowest BCUT2D eigenvalue weighted by molar-refractivity contribution is 0.340. The van der Waals surface area contributed by atoms with Gasteiger partial charge in [0.1, 0.15) is 5.75 Å². The number of nitrogens with two attached hydrogens (primary N) is 1. The molecule has 1 aromatic heterocycles. The minimum atomic E-state index is 0.196. The van der Waals surface area contributed by atoms with E-state index in [4.69, 9.17) is 10.5 Å². The average molecular weight is 387 g/mol. The maximum Gasteiger partial charge on any atom is 0.233 e. The van der Waals surface area contributed by atoms with Crippen LogP contribution >= 0.6 is 0 Å². The second kappa shape index (κ2) is 12.8. The molecule has 0 atom stereocenters. The number of ether oxygens (including phenoxy) is 1. The molecular formula is C21H34N6O. The predicted molar refractivity (Wildman–Crippen MR) is 116 cm³/mol. The number of rotatable bonds is 14. The van der Waals surface area contributed by atoms with E-state index < -0.39 is 0 Å². The molecule has 0 bridgehead atoms. The van der Waals surface area contributed by atoms with Crippen LogP contribution in [0.5, 0.6) is 5.75 Å². The van der Waals surface area contributed by atoms with E-state index in [-0.39, 0.29) is 5.95 Å². The normalized spacial score (nSPS) is 10.6.